The Bertz CT molecular complexity index is 239. The maximum atomic E-state index is 10.1. The Hall–Kier alpha value is -0.840. The molecule has 1 aromatic heterocycles. The molecule has 0 unspecified atom stereocenters. The third kappa shape index (κ3) is 2.18. The van der Waals surface area contributed by atoms with E-state index in [1.165, 1.54) is 12.4 Å². The average molecular weight is 164 g/mol. The fourth-order valence-electron chi connectivity index (χ4n) is 0.426. The topological polar surface area (TPSA) is 95.4 Å². The van der Waals surface area contributed by atoms with E-state index in [0.717, 1.165) is 0 Å². The van der Waals surface area contributed by atoms with E-state index in [1.54, 1.807) is 0 Å². The normalized spacial score (nSPS) is 11.4. The van der Waals surface area contributed by atoms with E-state index < -0.39 is 7.82 Å². The molecule has 6 nitrogen and oxygen atoms in total. The number of nitrogens with zero attached hydrogens (tertiary/aromatic N) is 1. The Labute approximate surface area is 56.1 Å². The van der Waals surface area contributed by atoms with E-state index in [9.17, 15) is 4.57 Å². The molecule has 0 radical (unpaired) electrons. The molecule has 0 fully saturated rings. The van der Waals surface area contributed by atoms with E-state index in [1.807, 2.05) is 0 Å². The van der Waals surface area contributed by atoms with E-state index in [4.69, 9.17) is 9.79 Å². The van der Waals surface area contributed by atoms with Gasteiger partial charge in [-0.1, -0.05) is 0 Å². The molecule has 0 bridgehead atoms. The summed E-state index contributed by atoms with van der Waals surface area (Å²) in [6.07, 6.45) is 2.40. The minimum atomic E-state index is -4.41. The monoisotopic (exact) mass is 164 g/mol. The van der Waals surface area contributed by atoms with Gasteiger partial charge in [-0.2, -0.15) is 5.10 Å². The fraction of sp³-hybridized carbons (Fsp3) is 0. The van der Waals surface area contributed by atoms with Crippen LogP contribution in [-0.2, 0) is 4.57 Å². The van der Waals surface area contributed by atoms with Crippen LogP contribution < -0.4 is 4.52 Å². The molecule has 10 heavy (non-hydrogen) atoms. The summed E-state index contributed by atoms with van der Waals surface area (Å²) in [6, 6.07) is 0. The quantitative estimate of drug-likeness (QED) is 0.529. The van der Waals surface area contributed by atoms with Gasteiger partial charge in [-0.3, -0.25) is 14.9 Å². The smallest absolute Gasteiger partial charge is 0.401 e. The van der Waals surface area contributed by atoms with Crippen LogP contribution >= 0.6 is 7.82 Å². The summed E-state index contributed by atoms with van der Waals surface area (Å²) >= 11 is 0. The first-order chi connectivity index (χ1) is 4.58. The van der Waals surface area contributed by atoms with Crippen molar-refractivity contribution in [2.75, 3.05) is 0 Å². The van der Waals surface area contributed by atoms with Crippen LogP contribution in [0.3, 0.4) is 0 Å². The van der Waals surface area contributed by atoms with Crippen LogP contribution in [0.1, 0.15) is 0 Å². The maximum Gasteiger partial charge on any atom is 0.524 e. The zero-order valence-electron chi connectivity index (χ0n) is 4.76. The van der Waals surface area contributed by atoms with Gasteiger partial charge in [0.05, 0.1) is 12.4 Å². The van der Waals surface area contributed by atoms with Gasteiger partial charge in [0.25, 0.3) is 0 Å². The first-order valence-corrected chi connectivity index (χ1v) is 3.85. The number of nitrogens with one attached hydrogen (secondary N) is 1. The van der Waals surface area contributed by atoms with Crippen LogP contribution in [0.2, 0.25) is 0 Å². The molecular formula is C3H5N2O4P. The highest BCUT2D eigenvalue weighted by atomic mass is 31.2. The van der Waals surface area contributed by atoms with Crippen molar-refractivity contribution in [3.63, 3.8) is 0 Å². The molecule has 0 saturated carbocycles. The number of rotatable bonds is 2. The molecule has 1 aromatic rings. The summed E-state index contributed by atoms with van der Waals surface area (Å²) in [4.78, 5) is 16.5. The van der Waals surface area contributed by atoms with Crippen molar-refractivity contribution in [2.45, 2.75) is 0 Å². The molecule has 0 atom stereocenters. The zero-order valence-corrected chi connectivity index (χ0v) is 5.65. The van der Waals surface area contributed by atoms with Gasteiger partial charge in [0.1, 0.15) is 0 Å². The number of hydrogen-bond acceptors (Lipinski definition) is 3. The summed E-state index contributed by atoms with van der Waals surface area (Å²) in [5.74, 6) is 0.0216. The van der Waals surface area contributed by atoms with E-state index in [-0.39, 0.29) is 5.75 Å². The molecule has 1 rings (SSSR count). The zero-order chi connectivity index (χ0) is 7.61. The SMILES string of the molecule is O=P(O)(O)Oc1cn[nH]c1. The summed E-state index contributed by atoms with van der Waals surface area (Å²) < 4.78 is 14.2. The van der Waals surface area contributed by atoms with Gasteiger partial charge in [-0.15, -0.1) is 0 Å². The predicted octanol–water partition coefficient (Wildman–Crippen LogP) is -0.119. The molecule has 0 amide bonds. The van der Waals surface area contributed by atoms with Crippen molar-refractivity contribution in [1.82, 2.24) is 10.2 Å². The van der Waals surface area contributed by atoms with Crippen molar-refractivity contribution >= 4 is 7.82 Å². The Balaban J connectivity index is 2.66. The van der Waals surface area contributed by atoms with Crippen LogP contribution in [0.15, 0.2) is 12.4 Å². The predicted molar refractivity (Wildman–Crippen MR) is 31.3 cm³/mol. The molecule has 56 valence electrons. The highest BCUT2D eigenvalue weighted by molar-refractivity contribution is 7.46. The third-order valence-corrected chi connectivity index (χ3v) is 1.15. The Kier molecular flexibility index (Phi) is 1.76. The second kappa shape index (κ2) is 2.42. The number of phosphoric ester groups is 1. The van der Waals surface area contributed by atoms with Crippen LogP contribution in [0.4, 0.5) is 0 Å². The minimum absolute atomic E-state index is 0.0216. The van der Waals surface area contributed by atoms with Crippen molar-refractivity contribution in [3.8, 4) is 5.75 Å². The number of aromatic amines is 1. The second-order valence-corrected chi connectivity index (χ2v) is 2.68. The van der Waals surface area contributed by atoms with Gasteiger partial charge < -0.3 is 4.52 Å². The molecule has 3 N–H and O–H groups in total. The van der Waals surface area contributed by atoms with Crippen LogP contribution in [0.5, 0.6) is 5.75 Å². The van der Waals surface area contributed by atoms with Gasteiger partial charge in [0.15, 0.2) is 5.75 Å². The summed E-state index contributed by atoms with van der Waals surface area (Å²) in [5, 5.41) is 5.75. The van der Waals surface area contributed by atoms with Crippen LogP contribution in [0, 0.1) is 0 Å². The van der Waals surface area contributed by atoms with Crippen molar-refractivity contribution in [3.05, 3.63) is 12.4 Å². The molecule has 0 aliphatic carbocycles. The summed E-state index contributed by atoms with van der Waals surface area (Å²) in [5.41, 5.74) is 0. The Morgan fingerprint density at radius 3 is 2.80 bits per heavy atom. The first kappa shape index (κ1) is 7.27. The lowest BCUT2D eigenvalue weighted by Gasteiger charge is -2.01. The number of H-pyrrole nitrogens is 1. The standard InChI is InChI=1S/C3H5N2O4P/c6-10(7,8)9-3-1-4-5-2-3/h1-2H,(H,4,5)(H2,6,7,8). The molecule has 7 heteroatoms. The van der Waals surface area contributed by atoms with Gasteiger partial charge in [-0.25, -0.2) is 4.57 Å². The van der Waals surface area contributed by atoms with Crippen LogP contribution in [0.25, 0.3) is 0 Å². The minimum Gasteiger partial charge on any atom is -0.401 e. The van der Waals surface area contributed by atoms with E-state index in [0.29, 0.717) is 0 Å². The number of hydrogen-bond donors (Lipinski definition) is 3. The first-order valence-electron chi connectivity index (χ1n) is 2.32. The largest absolute Gasteiger partial charge is 0.524 e. The molecule has 0 spiro atoms. The van der Waals surface area contributed by atoms with Gasteiger partial charge in [-0.05, 0) is 0 Å². The molecule has 0 saturated heterocycles. The molecule has 0 aliphatic rings. The lowest BCUT2D eigenvalue weighted by Crippen LogP contribution is -1.87. The van der Waals surface area contributed by atoms with E-state index in [2.05, 4.69) is 14.7 Å². The molecule has 0 aromatic carbocycles. The van der Waals surface area contributed by atoms with Gasteiger partial charge in [0, 0.05) is 0 Å². The lowest BCUT2D eigenvalue weighted by atomic mass is 10.7. The molecule has 0 aliphatic heterocycles. The van der Waals surface area contributed by atoms with Gasteiger partial charge in [0.2, 0.25) is 0 Å². The maximum absolute atomic E-state index is 10.1. The highest BCUT2D eigenvalue weighted by Gasteiger charge is 2.15. The fourth-order valence-corrected chi connectivity index (χ4v) is 0.801. The summed E-state index contributed by atoms with van der Waals surface area (Å²) in [6.45, 7) is 0. The van der Waals surface area contributed by atoms with Crippen molar-refractivity contribution in [2.24, 2.45) is 0 Å². The second-order valence-electron chi connectivity index (χ2n) is 1.52. The Morgan fingerprint density at radius 1 is 1.70 bits per heavy atom. The third-order valence-electron chi connectivity index (χ3n) is 0.697. The summed E-state index contributed by atoms with van der Waals surface area (Å²) in [7, 11) is -4.41. The van der Waals surface area contributed by atoms with Crippen molar-refractivity contribution < 1.29 is 18.9 Å². The van der Waals surface area contributed by atoms with Crippen molar-refractivity contribution in [1.29, 1.82) is 0 Å². The lowest BCUT2D eigenvalue weighted by molar-refractivity contribution is 0.283. The Morgan fingerprint density at radius 2 is 2.40 bits per heavy atom. The number of phosphoric acid groups is 1. The number of aromatic nitrogens is 2. The van der Waals surface area contributed by atoms with E-state index >= 15 is 0 Å². The highest BCUT2D eigenvalue weighted by Crippen LogP contribution is 2.36. The van der Waals surface area contributed by atoms with Gasteiger partial charge >= 0.3 is 7.82 Å². The molecule has 1 heterocycles. The molecular weight excluding hydrogens is 159 g/mol. The average Bonchev–Trinajstić information content (AvgIpc) is 2.12. The van der Waals surface area contributed by atoms with Crippen LogP contribution in [-0.4, -0.2) is 20.0 Å².